The third-order valence-electron chi connectivity index (χ3n) is 5.70. The second kappa shape index (κ2) is 11.1. The molecule has 0 aliphatic rings. The van der Waals surface area contributed by atoms with Crippen molar-refractivity contribution in [1.82, 2.24) is 30.3 Å². The van der Waals surface area contributed by atoms with Crippen molar-refractivity contribution in [2.45, 2.75) is 78.6 Å². The molecule has 3 rings (SSSR count). The molecule has 0 aliphatic carbocycles. The van der Waals surface area contributed by atoms with Crippen LogP contribution in [0.1, 0.15) is 60.2 Å². The number of fused-ring (bicyclic) bond motifs is 3. The van der Waals surface area contributed by atoms with Gasteiger partial charge in [0, 0.05) is 31.4 Å². The van der Waals surface area contributed by atoms with Crippen molar-refractivity contribution in [3.05, 3.63) is 36.3 Å². The van der Waals surface area contributed by atoms with Crippen LogP contribution in [0.5, 0.6) is 0 Å². The normalized spacial score (nSPS) is 12.1. The molecule has 0 spiro atoms. The number of imidazole rings is 1. The van der Waals surface area contributed by atoms with E-state index in [1.165, 1.54) is 0 Å². The lowest BCUT2D eigenvalue weighted by atomic mass is 10.0. The second-order valence-electron chi connectivity index (χ2n) is 10.5. The van der Waals surface area contributed by atoms with Gasteiger partial charge in [-0.05, 0) is 47.6 Å². The minimum Gasteiger partial charge on any atom is -0.464 e. The van der Waals surface area contributed by atoms with Crippen molar-refractivity contribution < 1.29 is 24.2 Å². The maximum absolute atomic E-state index is 12.8. The van der Waals surface area contributed by atoms with Crippen LogP contribution in [0.4, 0.5) is 4.79 Å². The van der Waals surface area contributed by atoms with Gasteiger partial charge in [0.1, 0.15) is 17.9 Å². The Labute approximate surface area is 216 Å². The number of ether oxygens (including phenoxy) is 1. The van der Waals surface area contributed by atoms with Crippen molar-refractivity contribution in [3.8, 4) is 0 Å². The number of carbonyl (C=O) groups is 3. The topological polar surface area (TPSA) is 139 Å². The molecule has 0 fully saturated rings. The van der Waals surface area contributed by atoms with E-state index < -0.39 is 23.1 Å². The van der Waals surface area contributed by atoms with Gasteiger partial charge in [-0.25, -0.2) is 14.8 Å². The van der Waals surface area contributed by atoms with E-state index in [1.807, 2.05) is 45.0 Å². The fourth-order valence-electron chi connectivity index (χ4n) is 4.07. The molecule has 1 aromatic carbocycles. The summed E-state index contributed by atoms with van der Waals surface area (Å²) in [5, 5.41) is 14.1. The molecule has 11 nitrogen and oxygen atoms in total. The minimum atomic E-state index is -1.27. The van der Waals surface area contributed by atoms with Gasteiger partial charge in [-0.1, -0.05) is 18.2 Å². The summed E-state index contributed by atoms with van der Waals surface area (Å²) in [5.41, 5.74) is 3.35. The summed E-state index contributed by atoms with van der Waals surface area (Å²) >= 11 is 0. The molecule has 2 aromatic heterocycles. The first-order valence-electron chi connectivity index (χ1n) is 12.3. The highest BCUT2D eigenvalue weighted by atomic mass is 16.5. The van der Waals surface area contributed by atoms with Gasteiger partial charge in [-0.3, -0.25) is 20.0 Å². The van der Waals surface area contributed by atoms with Crippen molar-refractivity contribution >= 4 is 39.8 Å². The molecule has 37 heavy (non-hydrogen) atoms. The van der Waals surface area contributed by atoms with E-state index in [0.717, 1.165) is 32.8 Å². The van der Waals surface area contributed by atoms with Gasteiger partial charge in [0.15, 0.2) is 0 Å². The quantitative estimate of drug-likeness (QED) is 0.372. The van der Waals surface area contributed by atoms with Gasteiger partial charge in [0.2, 0.25) is 11.8 Å². The molecule has 0 radical (unpaired) electrons. The Hall–Kier alpha value is -3.73. The zero-order chi connectivity index (χ0) is 27.4. The summed E-state index contributed by atoms with van der Waals surface area (Å²) in [6.07, 6.45) is 0.230. The Morgan fingerprint density at radius 2 is 1.73 bits per heavy atom. The Balaban J connectivity index is 1.75. The van der Waals surface area contributed by atoms with Gasteiger partial charge in [0.25, 0.3) is 0 Å². The lowest BCUT2D eigenvalue weighted by Crippen LogP contribution is -2.55. The third-order valence-corrected chi connectivity index (χ3v) is 5.70. The number of amides is 3. The minimum absolute atomic E-state index is 0.0871. The van der Waals surface area contributed by atoms with E-state index in [1.54, 1.807) is 27.0 Å². The summed E-state index contributed by atoms with van der Waals surface area (Å²) in [7, 11) is 0. The van der Waals surface area contributed by atoms with Crippen molar-refractivity contribution in [3.63, 3.8) is 0 Å². The first-order chi connectivity index (χ1) is 17.3. The zero-order valence-corrected chi connectivity index (χ0v) is 22.3. The van der Waals surface area contributed by atoms with Crippen molar-refractivity contribution in [2.75, 3.05) is 6.61 Å². The van der Waals surface area contributed by atoms with Crippen LogP contribution in [0.25, 0.3) is 21.9 Å². The van der Waals surface area contributed by atoms with Crippen LogP contribution in [0, 0.1) is 0 Å². The largest absolute Gasteiger partial charge is 0.464 e. The monoisotopic (exact) mass is 512 g/mol. The van der Waals surface area contributed by atoms with E-state index in [0.29, 0.717) is 19.8 Å². The number of carbonyl (C=O) groups excluding carboxylic acids is 2. The fourth-order valence-corrected chi connectivity index (χ4v) is 4.07. The SMILES string of the molecule is CCOCc1nc2cnc3ccccc3c2n1CC(C)(C)NC(=O)CCC(=O)NN(C(=O)O)C(C)(C)C. The molecule has 0 aliphatic heterocycles. The number of hydrogen-bond acceptors (Lipinski definition) is 6. The molecular formula is C26H36N6O5. The van der Waals surface area contributed by atoms with Gasteiger partial charge in [-0.15, -0.1) is 0 Å². The number of pyridine rings is 1. The van der Waals surface area contributed by atoms with Crippen LogP contribution in [0.2, 0.25) is 0 Å². The number of rotatable bonds is 9. The summed E-state index contributed by atoms with van der Waals surface area (Å²) in [5.74, 6) is -0.142. The van der Waals surface area contributed by atoms with Crippen LogP contribution in [-0.4, -0.2) is 60.2 Å². The average Bonchev–Trinajstić information content (AvgIpc) is 3.15. The lowest BCUT2D eigenvalue weighted by Gasteiger charge is -2.32. The predicted molar refractivity (Wildman–Crippen MR) is 140 cm³/mol. The Bertz CT molecular complexity index is 1290. The van der Waals surface area contributed by atoms with Gasteiger partial charge < -0.3 is 19.7 Å². The predicted octanol–water partition coefficient (Wildman–Crippen LogP) is 3.61. The first-order valence-corrected chi connectivity index (χ1v) is 12.3. The molecule has 0 saturated heterocycles. The number of nitrogens with zero attached hydrogens (tertiary/aromatic N) is 4. The van der Waals surface area contributed by atoms with Crippen LogP contribution in [-0.2, 0) is 27.5 Å². The van der Waals surface area contributed by atoms with Crippen molar-refractivity contribution in [2.24, 2.45) is 0 Å². The smallest absolute Gasteiger partial charge is 0.426 e. The Morgan fingerprint density at radius 3 is 2.38 bits per heavy atom. The molecule has 200 valence electrons. The van der Waals surface area contributed by atoms with Crippen LogP contribution >= 0.6 is 0 Å². The van der Waals surface area contributed by atoms with Gasteiger partial charge in [0.05, 0.1) is 28.3 Å². The number of aromatic nitrogens is 3. The molecule has 11 heteroatoms. The van der Waals surface area contributed by atoms with E-state index in [-0.39, 0.29) is 18.7 Å². The highest BCUT2D eigenvalue weighted by molar-refractivity contribution is 6.02. The van der Waals surface area contributed by atoms with E-state index in [4.69, 9.17) is 9.72 Å². The molecule has 0 bridgehead atoms. The fraction of sp³-hybridized carbons (Fsp3) is 0.500. The molecule has 2 heterocycles. The molecule has 0 saturated carbocycles. The standard InChI is InChI=1S/C26H36N6O5/c1-7-37-15-20-28-19-14-27-18-11-9-8-10-17(18)23(19)31(20)16-26(5,6)29-21(33)12-13-22(34)30-32(24(35)36)25(2,3)4/h8-11,14H,7,12-13,15-16H2,1-6H3,(H,29,33)(H,30,34)(H,35,36). The number of para-hydroxylation sites is 1. The summed E-state index contributed by atoms with van der Waals surface area (Å²) < 4.78 is 7.70. The number of hydrogen-bond donors (Lipinski definition) is 3. The molecular weight excluding hydrogens is 476 g/mol. The maximum Gasteiger partial charge on any atom is 0.426 e. The summed E-state index contributed by atoms with van der Waals surface area (Å²) in [4.78, 5) is 45.8. The lowest BCUT2D eigenvalue weighted by molar-refractivity contribution is -0.130. The molecule has 0 atom stereocenters. The summed E-state index contributed by atoms with van der Waals surface area (Å²) in [6, 6.07) is 7.82. The highest BCUT2D eigenvalue weighted by Gasteiger charge is 2.29. The van der Waals surface area contributed by atoms with Crippen LogP contribution in [0.3, 0.4) is 0 Å². The molecule has 3 amide bonds. The number of benzene rings is 1. The number of carboxylic acid groups (broad SMARTS) is 1. The zero-order valence-electron chi connectivity index (χ0n) is 22.3. The van der Waals surface area contributed by atoms with E-state index in [2.05, 4.69) is 20.3 Å². The Kier molecular flexibility index (Phi) is 8.37. The summed E-state index contributed by atoms with van der Waals surface area (Å²) in [6.45, 7) is 12.0. The van der Waals surface area contributed by atoms with Gasteiger partial charge >= 0.3 is 6.09 Å². The van der Waals surface area contributed by atoms with Crippen LogP contribution < -0.4 is 10.7 Å². The van der Waals surface area contributed by atoms with E-state index >= 15 is 0 Å². The maximum atomic E-state index is 12.8. The highest BCUT2D eigenvalue weighted by Crippen LogP contribution is 2.26. The first kappa shape index (κ1) is 27.9. The average molecular weight is 513 g/mol. The molecule has 0 unspecified atom stereocenters. The Morgan fingerprint density at radius 1 is 1.05 bits per heavy atom. The third kappa shape index (κ3) is 6.94. The number of nitrogens with one attached hydrogen (secondary N) is 2. The number of hydrazine groups is 1. The van der Waals surface area contributed by atoms with E-state index in [9.17, 15) is 19.5 Å². The van der Waals surface area contributed by atoms with Crippen LogP contribution in [0.15, 0.2) is 30.5 Å². The second-order valence-corrected chi connectivity index (χ2v) is 10.5. The molecule has 3 aromatic rings. The van der Waals surface area contributed by atoms with Gasteiger partial charge in [-0.2, -0.15) is 0 Å². The van der Waals surface area contributed by atoms with Crippen molar-refractivity contribution in [1.29, 1.82) is 0 Å². The molecule has 3 N–H and O–H groups in total.